The van der Waals surface area contributed by atoms with Gasteiger partial charge < -0.3 is 10.0 Å². The Kier molecular flexibility index (Phi) is 4.72. The van der Waals surface area contributed by atoms with Gasteiger partial charge in [0.1, 0.15) is 0 Å². The summed E-state index contributed by atoms with van der Waals surface area (Å²) in [6.07, 6.45) is 2.67. The van der Waals surface area contributed by atoms with Crippen molar-refractivity contribution in [1.29, 1.82) is 0 Å². The summed E-state index contributed by atoms with van der Waals surface area (Å²) in [5.41, 5.74) is 0.839. The van der Waals surface area contributed by atoms with Crippen LogP contribution < -0.4 is 0 Å². The first-order chi connectivity index (χ1) is 9.93. The zero-order valence-corrected chi connectivity index (χ0v) is 13.5. The molecule has 0 spiro atoms. The molecule has 0 aromatic heterocycles. The SMILES string of the molecule is CCCC[C@@]1(C)[C@H]([C@@H](O)c2ccccc2)[C@@H]1C(=O)N(C)C. The van der Waals surface area contributed by atoms with Crippen molar-refractivity contribution in [2.75, 3.05) is 14.1 Å². The zero-order valence-electron chi connectivity index (χ0n) is 13.5. The Morgan fingerprint density at radius 1 is 1.33 bits per heavy atom. The fraction of sp³-hybridized carbons (Fsp3) is 0.611. The Balaban J connectivity index is 2.21. The van der Waals surface area contributed by atoms with E-state index in [0.717, 1.165) is 24.8 Å². The summed E-state index contributed by atoms with van der Waals surface area (Å²) >= 11 is 0. The maximum absolute atomic E-state index is 12.4. The zero-order chi connectivity index (χ0) is 15.6. The first-order valence-corrected chi connectivity index (χ1v) is 7.87. The van der Waals surface area contributed by atoms with E-state index in [1.165, 1.54) is 0 Å². The van der Waals surface area contributed by atoms with Gasteiger partial charge in [-0.3, -0.25) is 4.79 Å². The van der Waals surface area contributed by atoms with E-state index in [4.69, 9.17) is 0 Å². The molecule has 3 heteroatoms. The van der Waals surface area contributed by atoms with E-state index >= 15 is 0 Å². The highest BCUT2D eigenvalue weighted by Crippen LogP contribution is 2.66. The number of carbonyl (C=O) groups excluding carboxylic acids is 1. The fourth-order valence-electron chi connectivity index (χ4n) is 3.59. The summed E-state index contributed by atoms with van der Waals surface area (Å²) in [6, 6.07) is 9.71. The van der Waals surface area contributed by atoms with Crippen LogP contribution in [-0.2, 0) is 4.79 Å². The number of unbranched alkanes of at least 4 members (excludes halogenated alkanes) is 1. The van der Waals surface area contributed by atoms with Gasteiger partial charge in [-0.1, -0.05) is 57.0 Å². The molecule has 1 amide bonds. The third-order valence-electron chi connectivity index (χ3n) is 4.98. The normalized spacial score (nSPS) is 29.0. The molecule has 0 radical (unpaired) electrons. The van der Waals surface area contributed by atoms with Crippen LogP contribution in [0.2, 0.25) is 0 Å². The van der Waals surface area contributed by atoms with Crippen LogP contribution in [0.15, 0.2) is 30.3 Å². The van der Waals surface area contributed by atoms with Crippen molar-refractivity contribution < 1.29 is 9.90 Å². The van der Waals surface area contributed by atoms with Crippen LogP contribution in [-0.4, -0.2) is 30.0 Å². The van der Waals surface area contributed by atoms with Gasteiger partial charge in [0, 0.05) is 20.0 Å². The van der Waals surface area contributed by atoms with Crippen LogP contribution in [0.5, 0.6) is 0 Å². The van der Waals surface area contributed by atoms with E-state index < -0.39 is 6.10 Å². The molecule has 0 unspecified atom stereocenters. The second kappa shape index (κ2) is 6.18. The summed E-state index contributed by atoms with van der Waals surface area (Å²) in [5, 5.41) is 10.7. The standard InChI is InChI=1S/C18H27NO2/c1-5-6-12-18(2)14(15(18)17(21)19(3)4)16(20)13-10-8-7-9-11-13/h7-11,14-16,20H,5-6,12H2,1-4H3/t14-,15+,16-,18-/m0/s1. The first-order valence-electron chi connectivity index (χ1n) is 7.87. The molecule has 0 aliphatic heterocycles. The average Bonchev–Trinajstić information content (AvgIpc) is 3.10. The van der Waals surface area contributed by atoms with Crippen molar-refractivity contribution in [3.05, 3.63) is 35.9 Å². The summed E-state index contributed by atoms with van der Waals surface area (Å²) < 4.78 is 0. The maximum atomic E-state index is 12.4. The Hall–Kier alpha value is -1.35. The van der Waals surface area contributed by atoms with E-state index in [0.29, 0.717) is 0 Å². The largest absolute Gasteiger partial charge is 0.388 e. The lowest BCUT2D eigenvalue weighted by atomic mass is 9.93. The van der Waals surface area contributed by atoms with Gasteiger partial charge in [0.25, 0.3) is 0 Å². The Bertz CT molecular complexity index is 485. The number of nitrogens with zero attached hydrogens (tertiary/aromatic N) is 1. The lowest BCUT2D eigenvalue weighted by molar-refractivity contribution is -0.131. The molecule has 0 saturated heterocycles. The molecule has 116 valence electrons. The number of carbonyl (C=O) groups is 1. The van der Waals surface area contributed by atoms with E-state index in [2.05, 4.69) is 13.8 Å². The number of amides is 1. The first kappa shape index (κ1) is 16.0. The molecule has 4 atom stereocenters. The van der Waals surface area contributed by atoms with E-state index in [9.17, 15) is 9.90 Å². The molecule has 3 nitrogen and oxygen atoms in total. The van der Waals surface area contributed by atoms with Crippen LogP contribution in [0.1, 0.15) is 44.8 Å². The monoisotopic (exact) mass is 289 g/mol. The van der Waals surface area contributed by atoms with Gasteiger partial charge in [-0.05, 0) is 17.4 Å². The highest BCUT2D eigenvalue weighted by Gasteiger charge is 2.66. The smallest absolute Gasteiger partial charge is 0.226 e. The highest BCUT2D eigenvalue weighted by molar-refractivity contribution is 5.83. The molecule has 1 saturated carbocycles. The van der Waals surface area contributed by atoms with Crippen LogP contribution in [0.25, 0.3) is 0 Å². The molecule has 1 aliphatic rings. The molecular formula is C18H27NO2. The van der Waals surface area contributed by atoms with E-state index in [1.807, 2.05) is 30.3 Å². The van der Waals surface area contributed by atoms with Gasteiger partial charge in [0.2, 0.25) is 5.91 Å². The number of hydrogen-bond donors (Lipinski definition) is 1. The number of rotatable bonds is 6. The lowest BCUT2D eigenvalue weighted by Gasteiger charge is -2.15. The second-order valence-corrected chi connectivity index (χ2v) is 6.70. The molecule has 1 aromatic carbocycles. The predicted octanol–water partition coefficient (Wildman–Crippen LogP) is 3.25. The number of hydrogen-bond acceptors (Lipinski definition) is 2. The molecule has 1 N–H and O–H groups in total. The molecular weight excluding hydrogens is 262 g/mol. The van der Waals surface area contributed by atoms with Crippen molar-refractivity contribution in [3.63, 3.8) is 0 Å². The lowest BCUT2D eigenvalue weighted by Crippen LogP contribution is -2.26. The summed E-state index contributed by atoms with van der Waals surface area (Å²) in [4.78, 5) is 14.1. The molecule has 0 bridgehead atoms. The van der Waals surface area contributed by atoms with Gasteiger partial charge >= 0.3 is 0 Å². The molecule has 1 aliphatic carbocycles. The number of benzene rings is 1. The quantitative estimate of drug-likeness (QED) is 0.873. The number of aliphatic hydroxyl groups is 1. The van der Waals surface area contributed by atoms with Crippen LogP contribution in [0.4, 0.5) is 0 Å². The van der Waals surface area contributed by atoms with Gasteiger partial charge in [-0.2, -0.15) is 0 Å². The minimum Gasteiger partial charge on any atom is -0.388 e. The van der Waals surface area contributed by atoms with Gasteiger partial charge in [0.05, 0.1) is 12.0 Å². The summed E-state index contributed by atoms with van der Waals surface area (Å²) in [7, 11) is 3.60. The van der Waals surface area contributed by atoms with E-state index in [1.54, 1.807) is 19.0 Å². The van der Waals surface area contributed by atoms with Crippen molar-refractivity contribution in [2.24, 2.45) is 17.3 Å². The summed E-state index contributed by atoms with van der Waals surface area (Å²) in [5.74, 6) is 0.115. The maximum Gasteiger partial charge on any atom is 0.226 e. The summed E-state index contributed by atoms with van der Waals surface area (Å²) in [6.45, 7) is 4.32. The van der Waals surface area contributed by atoms with E-state index in [-0.39, 0.29) is 23.2 Å². The Morgan fingerprint density at radius 2 is 1.95 bits per heavy atom. The Morgan fingerprint density at radius 3 is 2.48 bits per heavy atom. The second-order valence-electron chi connectivity index (χ2n) is 6.70. The van der Waals surface area contributed by atoms with Gasteiger partial charge in [-0.25, -0.2) is 0 Å². The third-order valence-corrected chi connectivity index (χ3v) is 4.98. The third kappa shape index (κ3) is 2.98. The molecule has 21 heavy (non-hydrogen) atoms. The minimum atomic E-state index is -0.554. The predicted molar refractivity (Wildman–Crippen MR) is 84.7 cm³/mol. The topological polar surface area (TPSA) is 40.5 Å². The molecule has 2 rings (SSSR count). The molecule has 0 heterocycles. The highest BCUT2D eigenvalue weighted by atomic mass is 16.3. The van der Waals surface area contributed by atoms with Crippen LogP contribution in [0.3, 0.4) is 0 Å². The van der Waals surface area contributed by atoms with Crippen molar-refractivity contribution in [3.8, 4) is 0 Å². The number of aliphatic hydroxyl groups excluding tert-OH is 1. The van der Waals surface area contributed by atoms with Crippen molar-refractivity contribution in [2.45, 2.75) is 39.2 Å². The minimum absolute atomic E-state index is 0.0290. The van der Waals surface area contributed by atoms with Gasteiger partial charge in [0.15, 0.2) is 0 Å². The Labute approximate surface area is 128 Å². The molecule has 1 aromatic rings. The molecule has 1 fully saturated rings. The fourth-order valence-corrected chi connectivity index (χ4v) is 3.59. The average molecular weight is 289 g/mol. The van der Waals surface area contributed by atoms with Crippen molar-refractivity contribution in [1.82, 2.24) is 4.90 Å². The van der Waals surface area contributed by atoms with Gasteiger partial charge in [-0.15, -0.1) is 0 Å². The van der Waals surface area contributed by atoms with Crippen LogP contribution >= 0.6 is 0 Å². The van der Waals surface area contributed by atoms with Crippen LogP contribution in [0, 0.1) is 17.3 Å². The van der Waals surface area contributed by atoms with Crippen molar-refractivity contribution >= 4 is 5.91 Å².